The molecule has 0 fully saturated rings. The molecule has 122 valence electrons. The van der Waals surface area contributed by atoms with Gasteiger partial charge in [0.2, 0.25) is 0 Å². The molecule has 2 N–H and O–H groups in total. The zero-order chi connectivity index (χ0) is 16.5. The van der Waals surface area contributed by atoms with Crippen LogP contribution in [0.3, 0.4) is 0 Å². The van der Waals surface area contributed by atoms with Crippen LogP contribution in [0.25, 0.3) is 0 Å². The van der Waals surface area contributed by atoms with E-state index in [1.165, 1.54) is 29.8 Å². The first kappa shape index (κ1) is 16.9. The highest BCUT2D eigenvalue weighted by atomic mass is 16.6. The van der Waals surface area contributed by atoms with Gasteiger partial charge in [-0.25, -0.2) is 0 Å². The minimum atomic E-state index is -0.638. The Morgan fingerprint density at radius 1 is 1.13 bits per heavy atom. The van der Waals surface area contributed by atoms with Crippen molar-refractivity contribution in [2.45, 2.75) is 12.5 Å². The number of non-ortho nitro benzene ring substituents is 1. The molecule has 23 heavy (non-hydrogen) atoms. The summed E-state index contributed by atoms with van der Waals surface area (Å²) in [5.74, 6) is 0.499. The lowest BCUT2D eigenvalue weighted by molar-refractivity contribution is -0.384. The van der Waals surface area contributed by atoms with E-state index in [0.717, 1.165) is 13.0 Å². The van der Waals surface area contributed by atoms with Gasteiger partial charge in [-0.05, 0) is 30.7 Å². The van der Waals surface area contributed by atoms with Crippen molar-refractivity contribution < 1.29 is 14.8 Å². The van der Waals surface area contributed by atoms with Crippen LogP contribution in [0, 0.1) is 10.1 Å². The quantitative estimate of drug-likeness (QED) is 0.421. The van der Waals surface area contributed by atoms with Crippen LogP contribution in [0.2, 0.25) is 0 Å². The second-order valence-electron chi connectivity index (χ2n) is 5.16. The van der Waals surface area contributed by atoms with Crippen molar-refractivity contribution in [3.8, 4) is 5.75 Å². The minimum Gasteiger partial charge on any atom is -0.491 e. The second-order valence-corrected chi connectivity index (χ2v) is 5.16. The lowest BCUT2D eigenvalue weighted by atomic mass is 10.1. The third-order valence-corrected chi connectivity index (χ3v) is 3.30. The number of nitrogens with zero attached hydrogens (tertiary/aromatic N) is 1. The van der Waals surface area contributed by atoms with Gasteiger partial charge in [-0.2, -0.15) is 0 Å². The molecule has 0 saturated heterocycles. The van der Waals surface area contributed by atoms with E-state index in [9.17, 15) is 15.2 Å². The van der Waals surface area contributed by atoms with Gasteiger partial charge in [0, 0.05) is 18.7 Å². The third kappa shape index (κ3) is 6.06. The van der Waals surface area contributed by atoms with Crippen LogP contribution in [0.1, 0.15) is 5.56 Å². The Hall–Kier alpha value is -2.44. The molecule has 0 spiro atoms. The van der Waals surface area contributed by atoms with E-state index in [0.29, 0.717) is 12.3 Å². The Balaban J connectivity index is 1.63. The molecule has 0 bridgehead atoms. The van der Waals surface area contributed by atoms with Crippen LogP contribution in [0.5, 0.6) is 5.75 Å². The normalized spacial score (nSPS) is 11.9. The van der Waals surface area contributed by atoms with Gasteiger partial charge in [-0.1, -0.05) is 30.3 Å². The number of rotatable bonds is 9. The fraction of sp³-hybridized carbons (Fsp3) is 0.294. The predicted molar refractivity (Wildman–Crippen MR) is 87.6 cm³/mol. The Bertz CT molecular complexity index is 602. The van der Waals surface area contributed by atoms with E-state index in [1.54, 1.807) is 0 Å². The number of nitro groups is 1. The van der Waals surface area contributed by atoms with Crippen molar-refractivity contribution in [3.05, 3.63) is 70.3 Å². The summed E-state index contributed by atoms with van der Waals surface area (Å²) in [5.41, 5.74) is 1.26. The number of hydrogen-bond acceptors (Lipinski definition) is 5. The highest BCUT2D eigenvalue weighted by Gasteiger charge is 2.07. The number of ether oxygens (including phenoxy) is 1. The largest absolute Gasteiger partial charge is 0.491 e. The average Bonchev–Trinajstić information content (AvgIpc) is 2.58. The summed E-state index contributed by atoms with van der Waals surface area (Å²) in [6.07, 6.45) is 0.262. The van der Waals surface area contributed by atoms with Crippen LogP contribution in [0.15, 0.2) is 54.6 Å². The number of benzene rings is 2. The standard InChI is InChI=1S/C17H20N2O4/c20-16(12-18-11-10-14-4-2-1-3-5-14)13-23-17-8-6-15(7-9-17)19(21)22/h1-9,16,18,20H,10-13H2. The SMILES string of the molecule is O=[N+]([O-])c1ccc(OCC(O)CNCCc2ccccc2)cc1. The first-order chi connectivity index (χ1) is 11.1. The summed E-state index contributed by atoms with van der Waals surface area (Å²) in [7, 11) is 0. The van der Waals surface area contributed by atoms with Crippen molar-refractivity contribution in [3.63, 3.8) is 0 Å². The monoisotopic (exact) mass is 316 g/mol. The molecule has 0 aliphatic rings. The zero-order valence-electron chi connectivity index (χ0n) is 12.7. The van der Waals surface area contributed by atoms with Gasteiger partial charge in [0.15, 0.2) is 0 Å². The molecule has 1 atom stereocenters. The van der Waals surface area contributed by atoms with Crippen molar-refractivity contribution >= 4 is 5.69 Å². The van der Waals surface area contributed by atoms with Gasteiger partial charge in [-0.3, -0.25) is 10.1 Å². The lowest BCUT2D eigenvalue weighted by Gasteiger charge is -2.13. The second kappa shape index (κ2) is 8.87. The van der Waals surface area contributed by atoms with Gasteiger partial charge in [0.1, 0.15) is 18.5 Å². The molecule has 0 saturated carbocycles. The van der Waals surface area contributed by atoms with E-state index in [2.05, 4.69) is 17.4 Å². The smallest absolute Gasteiger partial charge is 0.269 e. The van der Waals surface area contributed by atoms with Gasteiger partial charge >= 0.3 is 0 Å². The van der Waals surface area contributed by atoms with Crippen LogP contribution in [-0.4, -0.2) is 35.8 Å². The summed E-state index contributed by atoms with van der Waals surface area (Å²) in [6.45, 7) is 1.34. The first-order valence-corrected chi connectivity index (χ1v) is 7.45. The zero-order valence-corrected chi connectivity index (χ0v) is 12.7. The van der Waals surface area contributed by atoms with E-state index in [1.807, 2.05) is 18.2 Å². The molecule has 2 aromatic carbocycles. The fourth-order valence-corrected chi connectivity index (χ4v) is 2.06. The Morgan fingerprint density at radius 2 is 1.83 bits per heavy atom. The van der Waals surface area contributed by atoms with Gasteiger partial charge in [0.05, 0.1) is 4.92 Å². The van der Waals surface area contributed by atoms with Crippen molar-refractivity contribution in [2.75, 3.05) is 19.7 Å². The maximum atomic E-state index is 10.5. The molecular formula is C17H20N2O4. The number of nitrogens with one attached hydrogen (secondary N) is 1. The van der Waals surface area contributed by atoms with E-state index in [-0.39, 0.29) is 12.3 Å². The van der Waals surface area contributed by atoms with Crippen LogP contribution in [0.4, 0.5) is 5.69 Å². The van der Waals surface area contributed by atoms with Crippen molar-refractivity contribution in [2.24, 2.45) is 0 Å². The van der Waals surface area contributed by atoms with E-state index >= 15 is 0 Å². The number of aliphatic hydroxyl groups is 1. The summed E-state index contributed by atoms with van der Waals surface area (Å²) < 4.78 is 5.41. The number of hydrogen-bond donors (Lipinski definition) is 2. The Labute approximate surface area is 134 Å². The molecule has 0 aliphatic carbocycles. The first-order valence-electron chi connectivity index (χ1n) is 7.45. The number of nitro benzene ring substituents is 1. The maximum Gasteiger partial charge on any atom is 0.269 e. The summed E-state index contributed by atoms with van der Waals surface area (Å²) in [6, 6.07) is 15.9. The summed E-state index contributed by atoms with van der Waals surface area (Å²) in [4.78, 5) is 10.1. The third-order valence-electron chi connectivity index (χ3n) is 3.30. The van der Waals surface area contributed by atoms with Gasteiger partial charge < -0.3 is 15.2 Å². The van der Waals surface area contributed by atoms with Gasteiger partial charge in [-0.15, -0.1) is 0 Å². The summed E-state index contributed by atoms with van der Waals surface area (Å²) in [5, 5.41) is 23.6. The maximum absolute atomic E-state index is 10.5. The highest BCUT2D eigenvalue weighted by molar-refractivity contribution is 5.35. The van der Waals surface area contributed by atoms with E-state index in [4.69, 9.17) is 4.74 Å². The molecule has 0 heterocycles. The molecule has 6 nitrogen and oxygen atoms in total. The van der Waals surface area contributed by atoms with Crippen molar-refractivity contribution in [1.82, 2.24) is 5.32 Å². The number of aliphatic hydroxyl groups excluding tert-OH is 1. The minimum absolute atomic E-state index is 0.0143. The highest BCUT2D eigenvalue weighted by Crippen LogP contribution is 2.17. The molecule has 2 rings (SSSR count). The molecular weight excluding hydrogens is 296 g/mol. The molecule has 0 aromatic heterocycles. The predicted octanol–water partition coefficient (Wildman–Crippen LogP) is 2.17. The van der Waals surface area contributed by atoms with Crippen LogP contribution in [-0.2, 0) is 6.42 Å². The van der Waals surface area contributed by atoms with E-state index < -0.39 is 11.0 Å². The Kier molecular flexibility index (Phi) is 6.53. The molecule has 1 unspecified atom stereocenters. The molecule has 0 amide bonds. The molecule has 0 radical (unpaired) electrons. The lowest BCUT2D eigenvalue weighted by Crippen LogP contribution is -2.32. The molecule has 6 heteroatoms. The fourth-order valence-electron chi connectivity index (χ4n) is 2.06. The van der Waals surface area contributed by atoms with Gasteiger partial charge in [0.25, 0.3) is 5.69 Å². The topological polar surface area (TPSA) is 84.6 Å². The van der Waals surface area contributed by atoms with Crippen LogP contribution >= 0.6 is 0 Å². The average molecular weight is 316 g/mol. The molecule has 0 aliphatic heterocycles. The summed E-state index contributed by atoms with van der Waals surface area (Å²) >= 11 is 0. The Morgan fingerprint density at radius 3 is 2.48 bits per heavy atom. The molecule has 2 aromatic rings. The van der Waals surface area contributed by atoms with Crippen molar-refractivity contribution in [1.29, 1.82) is 0 Å². The van der Waals surface area contributed by atoms with Crippen LogP contribution < -0.4 is 10.1 Å².